The Morgan fingerprint density at radius 2 is 1.71 bits per heavy atom. The molecule has 21 heavy (non-hydrogen) atoms. The van der Waals surface area contributed by atoms with Crippen LogP contribution in [0.25, 0.3) is 0 Å². The first-order valence-electron chi connectivity index (χ1n) is 6.87. The van der Waals surface area contributed by atoms with Crippen molar-refractivity contribution in [2.75, 3.05) is 7.11 Å². The highest BCUT2D eigenvalue weighted by Gasteiger charge is 2.28. The van der Waals surface area contributed by atoms with Crippen molar-refractivity contribution in [1.29, 1.82) is 0 Å². The minimum Gasteiger partial charge on any atom is -0.459 e. The minimum absolute atomic E-state index is 0.169. The molecule has 0 aromatic heterocycles. The van der Waals surface area contributed by atoms with E-state index in [0.29, 0.717) is 18.6 Å². The smallest absolute Gasteiger partial charge is 0.310 e. The van der Waals surface area contributed by atoms with E-state index in [-0.39, 0.29) is 17.8 Å². The van der Waals surface area contributed by atoms with E-state index in [1.165, 1.54) is 0 Å². The first kappa shape index (κ1) is 15.8. The second-order valence-electron chi connectivity index (χ2n) is 5.12. The van der Waals surface area contributed by atoms with E-state index in [9.17, 15) is 18.0 Å². The van der Waals surface area contributed by atoms with Crippen molar-refractivity contribution in [3.8, 4) is 0 Å². The molecule has 0 radical (unpaired) electrons. The Bertz CT molecular complexity index is 519. The molecule has 0 N–H and O–H groups in total. The van der Waals surface area contributed by atoms with Gasteiger partial charge in [0.1, 0.15) is 11.9 Å². The monoisotopic (exact) mass is 302 g/mol. The quantitative estimate of drug-likeness (QED) is 0.633. The summed E-state index contributed by atoms with van der Waals surface area (Å²) in [5.74, 6) is -4.10. The number of ether oxygens (including phenoxy) is 2. The predicted molar refractivity (Wildman–Crippen MR) is 69.2 cm³/mol. The van der Waals surface area contributed by atoms with Gasteiger partial charge in [-0.1, -0.05) is 6.42 Å². The van der Waals surface area contributed by atoms with E-state index in [0.717, 1.165) is 19.3 Å². The van der Waals surface area contributed by atoms with Gasteiger partial charge in [-0.25, -0.2) is 13.2 Å². The highest BCUT2D eigenvalue weighted by atomic mass is 19.2. The van der Waals surface area contributed by atoms with Gasteiger partial charge in [0, 0.05) is 18.7 Å². The summed E-state index contributed by atoms with van der Waals surface area (Å²) in [5.41, 5.74) is -0.219. The van der Waals surface area contributed by atoms with Gasteiger partial charge in [-0.15, -0.1) is 0 Å². The van der Waals surface area contributed by atoms with Gasteiger partial charge in [0.15, 0.2) is 11.6 Å². The molecule has 2 atom stereocenters. The molecular weight excluding hydrogens is 285 g/mol. The van der Waals surface area contributed by atoms with Crippen LogP contribution in [0.3, 0.4) is 0 Å². The number of benzene rings is 1. The van der Waals surface area contributed by atoms with E-state index in [2.05, 4.69) is 0 Å². The fourth-order valence-electron chi connectivity index (χ4n) is 2.53. The molecule has 6 heteroatoms. The van der Waals surface area contributed by atoms with E-state index in [1.54, 1.807) is 7.11 Å². The zero-order chi connectivity index (χ0) is 15.4. The largest absolute Gasteiger partial charge is 0.459 e. The number of carbonyl (C=O) groups excluding carboxylic acids is 1. The molecule has 116 valence electrons. The molecule has 1 aromatic carbocycles. The van der Waals surface area contributed by atoms with Crippen LogP contribution in [-0.2, 0) is 20.7 Å². The molecule has 1 saturated carbocycles. The standard InChI is InChI=1S/C15H17F3O3/c1-20-13-4-2-3-5-14(13)21-15(19)7-9-6-11(17)12(18)8-10(9)16/h6,8,13-14H,2-5,7H2,1H3/t13-,14+/m0/s1. The molecule has 0 bridgehead atoms. The zero-order valence-electron chi connectivity index (χ0n) is 11.7. The summed E-state index contributed by atoms with van der Waals surface area (Å²) in [6.45, 7) is 0. The van der Waals surface area contributed by atoms with Crippen LogP contribution in [0.2, 0.25) is 0 Å². The maximum absolute atomic E-state index is 13.5. The third-order valence-corrected chi connectivity index (χ3v) is 3.65. The zero-order valence-corrected chi connectivity index (χ0v) is 11.7. The van der Waals surface area contributed by atoms with Crippen molar-refractivity contribution >= 4 is 5.97 Å². The van der Waals surface area contributed by atoms with E-state index < -0.39 is 29.8 Å². The summed E-state index contributed by atoms with van der Waals surface area (Å²) < 4.78 is 49.9. The summed E-state index contributed by atoms with van der Waals surface area (Å²) in [7, 11) is 1.55. The minimum atomic E-state index is -1.28. The third kappa shape index (κ3) is 3.97. The first-order valence-corrected chi connectivity index (χ1v) is 6.87. The number of carbonyl (C=O) groups is 1. The summed E-state index contributed by atoms with van der Waals surface area (Å²) in [6, 6.07) is 1.11. The molecule has 0 heterocycles. The topological polar surface area (TPSA) is 35.5 Å². The summed E-state index contributed by atoms with van der Waals surface area (Å²) in [4.78, 5) is 11.8. The number of methoxy groups -OCH3 is 1. The van der Waals surface area contributed by atoms with Crippen molar-refractivity contribution in [2.24, 2.45) is 0 Å². The number of hydrogen-bond donors (Lipinski definition) is 0. The van der Waals surface area contributed by atoms with Crippen LogP contribution in [0.1, 0.15) is 31.2 Å². The number of esters is 1. The Morgan fingerprint density at radius 1 is 1.10 bits per heavy atom. The van der Waals surface area contributed by atoms with E-state index in [1.807, 2.05) is 0 Å². The fraction of sp³-hybridized carbons (Fsp3) is 0.533. The van der Waals surface area contributed by atoms with Crippen LogP contribution in [0, 0.1) is 17.5 Å². The molecule has 1 aliphatic rings. The molecule has 0 unspecified atom stereocenters. The summed E-state index contributed by atoms with van der Waals surface area (Å²) in [6.07, 6.45) is 2.44. The van der Waals surface area contributed by atoms with Crippen molar-refractivity contribution in [1.82, 2.24) is 0 Å². The lowest BCUT2D eigenvalue weighted by Gasteiger charge is -2.29. The average Bonchev–Trinajstić information content (AvgIpc) is 2.45. The maximum atomic E-state index is 13.5. The van der Waals surface area contributed by atoms with Crippen LogP contribution in [0.4, 0.5) is 13.2 Å². The molecule has 0 amide bonds. The van der Waals surface area contributed by atoms with Crippen LogP contribution in [0.15, 0.2) is 12.1 Å². The normalized spacial score (nSPS) is 22.1. The Labute approximate surface area is 121 Å². The van der Waals surface area contributed by atoms with Crippen LogP contribution < -0.4 is 0 Å². The number of rotatable bonds is 4. The molecular formula is C15H17F3O3. The van der Waals surface area contributed by atoms with Crippen molar-refractivity contribution in [3.63, 3.8) is 0 Å². The summed E-state index contributed by atoms with van der Waals surface area (Å²) >= 11 is 0. The lowest BCUT2D eigenvalue weighted by molar-refractivity contribution is -0.158. The van der Waals surface area contributed by atoms with E-state index in [4.69, 9.17) is 9.47 Å². The lowest BCUT2D eigenvalue weighted by Crippen LogP contribution is -2.36. The van der Waals surface area contributed by atoms with Crippen molar-refractivity contribution in [2.45, 2.75) is 44.3 Å². The van der Waals surface area contributed by atoms with Gasteiger partial charge in [0.05, 0.1) is 12.5 Å². The lowest BCUT2D eigenvalue weighted by atomic mass is 9.94. The average molecular weight is 302 g/mol. The maximum Gasteiger partial charge on any atom is 0.310 e. The second-order valence-corrected chi connectivity index (χ2v) is 5.12. The Balaban J connectivity index is 2.00. The molecule has 0 spiro atoms. The fourth-order valence-corrected chi connectivity index (χ4v) is 2.53. The van der Waals surface area contributed by atoms with Crippen molar-refractivity contribution < 1.29 is 27.4 Å². The molecule has 0 saturated heterocycles. The Hall–Kier alpha value is -1.56. The molecule has 3 nitrogen and oxygen atoms in total. The second kappa shape index (κ2) is 6.93. The highest BCUT2D eigenvalue weighted by Crippen LogP contribution is 2.24. The van der Waals surface area contributed by atoms with Crippen LogP contribution in [-0.4, -0.2) is 25.3 Å². The van der Waals surface area contributed by atoms with Gasteiger partial charge in [-0.3, -0.25) is 4.79 Å². The SMILES string of the molecule is CO[C@H]1CCCC[C@H]1OC(=O)Cc1cc(F)c(F)cc1F. The molecule has 0 aliphatic heterocycles. The molecule has 1 aliphatic carbocycles. The molecule has 1 fully saturated rings. The summed E-state index contributed by atoms with van der Waals surface area (Å²) in [5, 5.41) is 0. The van der Waals surface area contributed by atoms with Gasteiger partial charge in [-0.2, -0.15) is 0 Å². The third-order valence-electron chi connectivity index (χ3n) is 3.65. The van der Waals surface area contributed by atoms with Crippen LogP contribution >= 0.6 is 0 Å². The van der Waals surface area contributed by atoms with Crippen LogP contribution in [0.5, 0.6) is 0 Å². The van der Waals surface area contributed by atoms with Gasteiger partial charge in [0.2, 0.25) is 0 Å². The molecule has 2 rings (SSSR count). The van der Waals surface area contributed by atoms with Gasteiger partial charge in [0.25, 0.3) is 0 Å². The van der Waals surface area contributed by atoms with Crippen molar-refractivity contribution in [3.05, 3.63) is 35.1 Å². The number of hydrogen-bond acceptors (Lipinski definition) is 3. The number of halogens is 3. The van der Waals surface area contributed by atoms with Gasteiger partial charge in [-0.05, 0) is 25.3 Å². The Kier molecular flexibility index (Phi) is 5.22. The van der Waals surface area contributed by atoms with Gasteiger partial charge < -0.3 is 9.47 Å². The predicted octanol–water partition coefficient (Wildman–Crippen LogP) is 3.15. The highest BCUT2D eigenvalue weighted by molar-refractivity contribution is 5.72. The van der Waals surface area contributed by atoms with Gasteiger partial charge >= 0.3 is 5.97 Å². The molecule has 1 aromatic rings. The van der Waals surface area contributed by atoms with E-state index >= 15 is 0 Å². The first-order chi connectivity index (χ1) is 10.0. The Morgan fingerprint density at radius 3 is 2.38 bits per heavy atom.